The number of nitrogens with zero attached hydrogens (tertiary/aromatic N) is 2. The van der Waals surface area contributed by atoms with Crippen molar-refractivity contribution in [3.63, 3.8) is 0 Å². The molecule has 0 atom stereocenters. The van der Waals surface area contributed by atoms with E-state index in [2.05, 4.69) is 4.98 Å². The third-order valence-electron chi connectivity index (χ3n) is 5.24. The molecule has 160 valence electrons. The zero-order valence-electron chi connectivity index (χ0n) is 16.4. The van der Waals surface area contributed by atoms with Crippen LogP contribution in [-0.4, -0.2) is 22.6 Å². The summed E-state index contributed by atoms with van der Waals surface area (Å²) in [5, 5.41) is 9.98. The number of hydrogen-bond donors (Lipinski definition) is 1. The van der Waals surface area contributed by atoms with Crippen molar-refractivity contribution in [3.8, 4) is 5.75 Å². The van der Waals surface area contributed by atoms with Crippen molar-refractivity contribution in [2.24, 2.45) is 0 Å². The summed E-state index contributed by atoms with van der Waals surface area (Å²) in [7, 11) is 0. The van der Waals surface area contributed by atoms with Gasteiger partial charge in [-0.25, -0.2) is 13.6 Å². The van der Waals surface area contributed by atoms with E-state index >= 15 is 0 Å². The second-order valence-electron chi connectivity index (χ2n) is 7.29. The van der Waals surface area contributed by atoms with Crippen LogP contribution >= 0.6 is 11.6 Å². The molecule has 0 bridgehead atoms. The van der Waals surface area contributed by atoms with Crippen molar-refractivity contribution < 1.29 is 23.4 Å². The third kappa shape index (κ3) is 4.61. The molecular weight excluding hydrogens is 426 g/mol. The molecule has 0 saturated carbocycles. The first-order chi connectivity index (χ1) is 14.9. The predicted octanol–water partition coefficient (Wildman–Crippen LogP) is 5.24. The number of carbonyl (C=O) groups is 1. The molecular formula is C23H19ClF2N2O3. The average Bonchev–Trinajstić information content (AvgIpc) is 2.74. The number of benzene rings is 2. The van der Waals surface area contributed by atoms with Crippen LogP contribution in [-0.2, 0) is 19.6 Å². The number of hydrogen-bond acceptors (Lipinski definition) is 4. The molecule has 0 fully saturated rings. The molecule has 1 aliphatic heterocycles. The van der Waals surface area contributed by atoms with Crippen LogP contribution < -0.4 is 9.64 Å². The molecule has 2 aromatic carbocycles. The lowest BCUT2D eigenvalue weighted by Gasteiger charge is -2.32. The Kier molecular flexibility index (Phi) is 6.04. The summed E-state index contributed by atoms with van der Waals surface area (Å²) in [5.41, 5.74) is 2.73. The quantitative estimate of drug-likeness (QED) is 0.563. The van der Waals surface area contributed by atoms with Crippen molar-refractivity contribution in [1.82, 2.24) is 4.98 Å². The summed E-state index contributed by atoms with van der Waals surface area (Å²) in [5.74, 6) is -1.80. The number of carboxylic acid groups (broad SMARTS) is 1. The third-order valence-corrected chi connectivity index (χ3v) is 5.48. The minimum Gasteiger partial charge on any atom is -0.488 e. The molecule has 5 nitrogen and oxygen atoms in total. The van der Waals surface area contributed by atoms with E-state index in [1.807, 2.05) is 4.90 Å². The van der Waals surface area contributed by atoms with Crippen LogP contribution in [0.2, 0.25) is 5.02 Å². The van der Waals surface area contributed by atoms with Crippen LogP contribution in [0, 0.1) is 11.6 Å². The topological polar surface area (TPSA) is 62.7 Å². The van der Waals surface area contributed by atoms with Gasteiger partial charge in [0.2, 0.25) is 0 Å². The van der Waals surface area contributed by atoms with Gasteiger partial charge in [-0.3, -0.25) is 4.98 Å². The highest BCUT2D eigenvalue weighted by molar-refractivity contribution is 6.30. The predicted molar refractivity (Wildman–Crippen MR) is 113 cm³/mol. The number of rotatable bonds is 6. The Bertz CT molecular complexity index is 1140. The smallest absolute Gasteiger partial charge is 0.337 e. The van der Waals surface area contributed by atoms with Crippen molar-refractivity contribution >= 4 is 23.3 Å². The van der Waals surface area contributed by atoms with E-state index in [9.17, 15) is 18.7 Å². The first-order valence-corrected chi connectivity index (χ1v) is 10.1. The largest absolute Gasteiger partial charge is 0.488 e. The Morgan fingerprint density at radius 1 is 1.16 bits per heavy atom. The van der Waals surface area contributed by atoms with Gasteiger partial charge in [-0.05, 0) is 48.7 Å². The van der Waals surface area contributed by atoms with E-state index in [0.29, 0.717) is 23.7 Å². The van der Waals surface area contributed by atoms with Crippen LogP contribution in [0.1, 0.15) is 33.5 Å². The molecule has 1 aliphatic rings. The maximum absolute atomic E-state index is 14.0. The maximum Gasteiger partial charge on any atom is 0.337 e. The van der Waals surface area contributed by atoms with Crippen LogP contribution in [0.4, 0.5) is 14.5 Å². The number of aromatic carboxylic acids is 1. The molecule has 0 radical (unpaired) electrons. The lowest BCUT2D eigenvalue weighted by Crippen LogP contribution is -2.30. The summed E-state index contributed by atoms with van der Waals surface area (Å²) in [6, 6.07) is 8.49. The van der Waals surface area contributed by atoms with Gasteiger partial charge >= 0.3 is 5.97 Å². The molecule has 0 aliphatic carbocycles. The second kappa shape index (κ2) is 8.89. The Balaban J connectivity index is 1.59. The Morgan fingerprint density at radius 3 is 2.77 bits per heavy atom. The number of pyridine rings is 1. The normalized spacial score (nSPS) is 13.1. The molecule has 3 aromatic rings. The molecule has 31 heavy (non-hydrogen) atoms. The van der Waals surface area contributed by atoms with Crippen molar-refractivity contribution in [2.45, 2.75) is 26.0 Å². The van der Waals surface area contributed by atoms with Crippen LogP contribution in [0.3, 0.4) is 0 Å². The maximum atomic E-state index is 14.0. The molecule has 0 unspecified atom stereocenters. The molecule has 0 spiro atoms. The van der Waals surface area contributed by atoms with E-state index in [-0.39, 0.29) is 17.7 Å². The standard InChI is InChI=1S/C23H19ClF2N2O3/c24-16-4-6-22(31-13-14-3-5-17(25)9-20(14)26)15(8-16)12-28-7-1-2-18-19(23(29)30)10-27-11-21(18)28/h3-6,8-11H,1-2,7,12-13H2,(H,29,30). The first-order valence-electron chi connectivity index (χ1n) is 9.72. The van der Waals surface area contributed by atoms with E-state index < -0.39 is 17.6 Å². The van der Waals surface area contributed by atoms with Crippen LogP contribution in [0.25, 0.3) is 0 Å². The monoisotopic (exact) mass is 444 g/mol. The Morgan fingerprint density at radius 2 is 2.00 bits per heavy atom. The summed E-state index contributed by atoms with van der Waals surface area (Å²) in [4.78, 5) is 17.7. The number of halogens is 3. The Labute approximate surface area is 182 Å². The van der Waals surface area contributed by atoms with Gasteiger partial charge in [0.25, 0.3) is 0 Å². The van der Waals surface area contributed by atoms with Gasteiger partial charge in [0.1, 0.15) is 24.0 Å². The first kappa shape index (κ1) is 21.1. The summed E-state index contributed by atoms with van der Waals surface area (Å²) in [6.07, 6.45) is 4.50. The van der Waals surface area contributed by atoms with E-state index in [1.54, 1.807) is 24.4 Å². The molecule has 1 N–H and O–H groups in total. The van der Waals surface area contributed by atoms with Gasteiger partial charge in [-0.15, -0.1) is 0 Å². The van der Waals surface area contributed by atoms with Crippen LogP contribution in [0.5, 0.6) is 5.75 Å². The van der Waals surface area contributed by atoms with Crippen molar-refractivity contribution in [2.75, 3.05) is 11.4 Å². The van der Waals surface area contributed by atoms with Crippen LogP contribution in [0.15, 0.2) is 48.8 Å². The number of anilines is 1. The molecule has 2 heterocycles. The minimum absolute atomic E-state index is 0.0674. The highest BCUT2D eigenvalue weighted by atomic mass is 35.5. The SMILES string of the molecule is O=C(O)c1cncc2c1CCCN2Cc1cc(Cl)ccc1OCc1ccc(F)cc1F. The molecule has 4 rings (SSSR count). The highest BCUT2D eigenvalue weighted by Gasteiger charge is 2.23. The summed E-state index contributed by atoms with van der Waals surface area (Å²) < 4.78 is 32.9. The zero-order valence-corrected chi connectivity index (χ0v) is 17.2. The lowest BCUT2D eigenvalue weighted by molar-refractivity contribution is 0.0695. The number of ether oxygens (including phenoxy) is 1. The van der Waals surface area contributed by atoms with E-state index in [0.717, 1.165) is 35.8 Å². The van der Waals surface area contributed by atoms with Crippen molar-refractivity contribution in [3.05, 3.63) is 87.7 Å². The van der Waals surface area contributed by atoms with Gasteiger partial charge in [0.15, 0.2) is 0 Å². The molecule has 1 aromatic heterocycles. The lowest BCUT2D eigenvalue weighted by atomic mass is 9.98. The number of aromatic nitrogens is 1. The number of fused-ring (bicyclic) bond motifs is 1. The fraction of sp³-hybridized carbons (Fsp3) is 0.217. The fourth-order valence-electron chi connectivity index (χ4n) is 3.74. The van der Waals surface area contributed by atoms with E-state index in [1.165, 1.54) is 18.3 Å². The molecule has 0 amide bonds. The summed E-state index contributed by atoms with van der Waals surface area (Å²) >= 11 is 6.20. The van der Waals surface area contributed by atoms with Gasteiger partial charge in [-0.2, -0.15) is 0 Å². The Hall–Kier alpha value is -3.19. The fourth-order valence-corrected chi connectivity index (χ4v) is 3.93. The van der Waals surface area contributed by atoms with Gasteiger partial charge in [0, 0.05) is 41.5 Å². The molecule has 0 saturated heterocycles. The minimum atomic E-state index is -1.00. The van der Waals surface area contributed by atoms with Gasteiger partial charge < -0.3 is 14.7 Å². The van der Waals surface area contributed by atoms with Gasteiger partial charge in [0.05, 0.1) is 17.4 Å². The van der Waals surface area contributed by atoms with E-state index in [4.69, 9.17) is 16.3 Å². The van der Waals surface area contributed by atoms with Crippen molar-refractivity contribution in [1.29, 1.82) is 0 Å². The van der Waals surface area contributed by atoms with Gasteiger partial charge in [-0.1, -0.05) is 11.6 Å². The second-order valence-corrected chi connectivity index (χ2v) is 7.73. The highest BCUT2D eigenvalue weighted by Crippen LogP contribution is 2.33. The average molecular weight is 445 g/mol. The zero-order chi connectivity index (χ0) is 22.0. The summed E-state index contributed by atoms with van der Waals surface area (Å²) in [6.45, 7) is 1.07. The molecule has 8 heteroatoms. The number of carboxylic acids is 1.